The number of hydrogen-bond donors (Lipinski definition) is 1. The first kappa shape index (κ1) is 12.5. The van der Waals surface area contributed by atoms with E-state index < -0.39 is 0 Å². The highest BCUT2D eigenvalue weighted by Crippen LogP contribution is 2.28. The lowest BCUT2D eigenvalue weighted by atomic mass is 10.1. The number of rotatable bonds is 1. The summed E-state index contributed by atoms with van der Waals surface area (Å²) in [5.41, 5.74) is 5.41. The Hall–Kier alpha value is -1.51. The Labute approximate surface area is 121 Å². The molecule has 96 valence electrons. The normalized spacial score (nSPS) is 11.2. The van der Waals surface area contributed by atoms with Crippen LogP contribution in [0.5, 0.6) is 0 Å². The van der Waals surface area contributed by atoms with Gasteiger partial charge in [-0.05, 0) is 55.3 Å². The second-order valence-corrected chi connectivity index (χ2v) is 5.48. The summed E-state index contributed by atoms with van der Waals surface area (Å²) in [5, 5.41) is 1.08. The molecular formula is C15H12Cl2N2. The molecule has 2 aromatic carbocycles. The van der Waals surface area contributed by atoms with Crippen LogP contribution in [0.3, 0.4) is 0 Å². The number of nitrogens with zero attached hydrogens (tertiary/aromatic N) is 1. The molecular weight excluding hydrogens is 279 g/mol. The summed E-state index contributed by atoms with van der Waals surface area (Å²) >= 11 is 12.0. The lowest BCUT2D eigenvalue weighted by Crippen LogP contribution is -1.80. The van der Waals surface area contributed by atoms with Crippen LogP contribution in [-0.4, -0.2) is 9.97 Å². The van der Waals surface area contributed by atoms with Crippen molar-refractivity contribution in [2.45, 2.75) is 13.8 Å². The van der Waals surface area contributed by atoms with E-state index in [0.717, 1.165) is 22.4 Å². The molecule has 1 aromatic heterocycles. The van der Waals surface area contributed by atoms with Crippen molar-refractivity contribution in [2.75, 3.05) is 0 Å². The topological polar surface area (TPSA) is 28.7 Å². The van der Waals surface area contributed by atoms with Gasteiger partial charge in [-0.15, -0.1) is 0 Å². The largest absolute Gasteiger partial charge is 0.338 e. The fraction of sp³-hybridized carbons (Fsp3) is 0.133. The summed E-state index contributed by atoms with van der Waals surface area (Å²) in [6.07, 6.45) is 0. The zero-order chi connectivity index (χ0) is 13.6. The molecule has 0 amide bonds. The number of aryl methyl sites for hydroxylation is 2. The smallest absolute Gasteiger partial charge is 0.138 e. The standard InChI is InChI=1S/C15H12Cl2N2/c1-8-5-13-14(6-9(8)2)19-15(18-13)10-3-4-11(16)12(17)7-10/h3-7H,1-2H3,(H,18,19). The van der Waals surface area contributed by atoms with Gasteiger partial charge in [-0.3, -0.25) is 0 Å². The second kappa shape index (κ2) is 4.55. The van der Waals surface area contributed by atoms with E-state index >= 15 is 0 Å². The molecule has 1 heterocycles. The summed E-state index contributed by atoms with van der Waals surface area (Å²) in [7, 11) is 0. The molecule has 0 aliphatic heterocycles. The maximum absolute atomic E-state index is 6.04. The van der Waals surface area contributed by atoms with Crippen molar-refractivity contribution >= 4 is 34.2 Å². The summed E-state index contributed by atoms with van der Waals surface area (Å²) in [6.45, 7) is 4.18. The molecule has 0 radical (unpaired) electrons. The highest BCUT2D eigenvalue weighted by Gasteiger charge is 2.08. The van der Waals surface area contributed by atoms with Crippen molar-refractivity contribution < 1.29 is 0 Å². The van der Waals surface area contributed by atoms with E-state index in [1.165, 1.54) is 11.1 Å². The average molecular weight is 291 g/mol. The first-order chi connectivity index (χ1) is 9.04. The fourth-order valence-corrected chi connectivity index (χ4v) is 2.35. The molecule has 2 nitrogen and oxygen atoms in total. The third-order valence-electron chi connectivity index (χ3n) is 3.29. The lowest BCUT2D eigenvalue weighted by molar-refractivity contribution is 1.34. The highest BCUT2D eigenvalue weighted by molar-refractivity contribution is 6.42. The van der Waals surface area contributed by atoms with Gasteiger partial charge in [0.2, 0.25) is 0 Å². The van der Waals surface area contributed by atoms with E-state index in [1.54, 1.807) is 6.07 Å². The van der Waals surface area contributed by atoms with Crippen molar-refractivity contribution in [1.82, 2.24) is 9.97 Å². The van der Waals surface area contributed by atoms with E-state index in [1.807, 2.05) is 12.1 Å². The van der Waals surface area contributed by atoms with Crippen LogP contribution in [0.2, 0.25) is 10.0 Å². The molecule has 0 aliphatic carbocycles. The van der Waals surface area contributed by atoms with Crippen LogP contribution in [0.15, 0.2) is 30.3 Å². The zero-order valence-electron chi connectivity index (χ0n) is 10.6. The van der Waals surface area contributed by atoms with E-state index in [4.69, 9.17) is 23.2 Å². The molecule has 0 fully saturated rings. The molecule has 4 heteroatoms. The number of benzene rings is 2. The van der Waals surface area contributed by atoms with Crippen LogP contribution in [0.4, 0.5) is 0 Å². The molecule has 19 heavy (non-hydrogen) atoms. The van der Waals surface area contributed by atoms with Crippen molar-refractivity contribution in [3.8, 4) is 11.4 Å². The van der Waals surface area contributed by atoms with Crippen molar-refractivity contribution in [3.05, 3.63) is 51.5 Å². The summed E-state index contributed by atoms with van der Waals surface area (Å²) in [5.74, 6) is 0.804. The van der Waals surface area contributed by atoms with Gasteiger partial charge in [-0.1, -0.05) is 23.2 Å². The highest BCUT2D eigenvalue weighted by atomic mass is 35.5. The van der Waals surface area contributed by atoms with Gasteiger partial charge in [0, 0.05) is 5.56 Å². The van der Waals surface area contributed by atoms with Gasteiger partial charge in [-0.2, -0.15) is 0 Å². The van der Waals surface area contributed by atoms with Crippen LogP contribution in [0.25, 0.3) is 22.4 Å². The predicted molar refractivity (Wildman–Crippen MR) is 81.0 cm³/mol. The molecule has 0 unspecified atom stereocenters. The third kappa shape index (κ3) is 2.22. The Morgan fingerprint density at radius 2 is 1.68 bits per heavy atom. The number of halogens is 2. The van der Waals surface area contributed by atoms with Gasteiger partial charge >= 0.3 is 0 Å². The van der Waals surface area contributed by atoms with Crippen molar-refractivity contribution in [3.63, 3.8) is 0 Å². The van der Waals surface area contributed by atoms with Gasteiger partial charge in [0.15, 0.2) is 0 Å². The molecule has 3 rings (SSSR count). The molecule has 3 aromatic rings. The number of aromatic amines is 1. The Balaban J connectivity index is 2.17. The maximum Gasteiger partial charge on any atom is 0.138 e. The summed E-state index contributed by atoms with van der Waals surface area (Å²) in [6, 6.07) is 9.71. The molecule has 0 atom stereocenters. The fourth-order valence-electron chi connectivity index (χ4n) is 2.05. The summed E-state index contributed by atoms with van der Waals surface area (Å²) < 4.78 is 0. The number of aromatic nitrogens is 2. The van der Waals surface area contributed by atoms with Gasteiger partial charge in [0.05, 0.1) is 21.1 Å². The number of nitrogens with one attached hydrogen (secondary N) is 1. The van der Waals surface area contributed by atoms with Crippen LogP contribution in [-0.2, 0) is 0 Å². The lowest BCUT2D eigenvalue weighted by Gasteiger charge is -1.99. The zero-order valence-corrected chi connectivity index (χ0v) is 12.1. The quantitative estimate of drug-likeness (QED) is 0.659. The van der Waals surface area contributed by atoms with Gasteiger partial charge in [-0.25, -0.2) is 4.98 Å². The molecule has 0 saturated heterocycles. The van der Waals surface area contributed by atoms with Gasteiger partial charge < -0.3 is 4.98 Å². The van der Waals surface area contributed by atoms with Crippen LogP contribution >= 0.6 is 23.2 Å². The number of H-pyrrole nitrogens is 1. The number of imidazole rings is 1. The van der Waals surface area contributed by atoms with Gasteiger partial charge in [0.1, 0.15) is 5.82 Å². The van der Waals surface area contributed by atoms with E-state index in [-0.39, 0.29) is 0 Å². The minimum absolute atomic E-state index is 0.534. The monoisotopic (exact) mass is 290 g/mol. The van der Waals surface area contributed by atoms with Gasteiger partial charge in [0.25, 0.3) is 0 Å². The Bertz CT molecular complexity index is 736. The third-order valence-corrected chi connectivity index (χ3v) is 4.03. The molecule has 0 aliphatic rings. The van der Waals surface area contributed by atoms with Crippen molar-refractivity contribution in [1.29, 1.82) is 0 Å². The molecule has 1 N–H and O–H groups in total. The maximum atomic E-state index is 6.04. The molecule has 0 saturated carbocycles. The molecule has 0 spiro atoms. The van der Waals surface area contributed by atoms with E-state index in [9.17, 15) is 0 Å². The van der Waals surface area contributed by atoms with E-state index in [0.29, 0.717) is 10.0 Å². The minimum Gasteiger partial charge on any atom is -0.338 e. The Kier molecular flexibility index (Phi) is 3.00. The second-order valence-electron chi connectivity index (χ2n) is 4.67. The van der Waals surface area contributed by atoms with Crippen molar-refractivity contribution in [2.24, 2.45) is 0 Å². The Morgan fingerprint density at radius 3 is 2.42 bits per heavy atom. The predicted octanol–water partition coefficient (Wildman–Crippen LogP) is 5.15. The van der Waals surface area contributed by atoms with Crippen LogP contribution < -0.4 is 0 Å². The first-order valence-corrected chi connectivity index (χ1v) is 6.72. The number of fused-ring (bicyclic) bond motifs is 1. The van der Waals surface area contributed by atoms with Crippen LogP contribution in [0, 0.1) is 13.8 Å². The minimum atomic E-state index is 0.534. The number of hydrogen-bond acceptors (Lipinski definition) is 1. The van der Waals surface area contributed by atoms with E-state index in [2.05, 4.69) is 35.9 Å². The molecule has 0 bridgehead atoms. The first-order valence-electron chi connectivity index (χ1n) is 5.97. The average Bonchev–Trinajstić information content (AvgIpc) is 2.76. The van der Waals surface area contributed by atoms with Crippen LogP contribution in [0.1, 0.15) is 11.1 Å². The Morgan fingerprint density at radius 1 is 0.947 bits per heavy atom. The summed E-state index contributed by atoms with van der Waals surface area (Å²) in [4.78, 5) is 7.91. The SMILES string of the molecule is Cc1cc2nc(-c3ccc(Cl)c(Cl)c3)[nH]c2cc1C.